The Morgan fingerprint density at radius 1 is 1.33 bits per heavy atom. The van der Waals surface area contributed by atoms with E-state index >= 15 is 0 Å². The molecule has 0 amide bonds. The van der Waals surface area contributed by atoms with Gasteiger partial charge in [-0.15, -0.1) is 12.4 Å². The van der Waals surface area contributed by atoms with Crippen LogP contribution in [0.15, 0.2) is 12.1 Å². The van der Waals surface area contributed by atoms with E-state index in [4.69, 9.17) is 22.4 Å². The van der Waals surface area contributed by atoms with Crippen molar-refractivity contribution in [1.29, 1.82) is 0 Å². The summed E-state index contributed by atoms with van der Waals surface area (Å²) < 4.78 is 50.9. The van der Waals surface area contributed by atoms with Crippen molar-refractivity contribution in [3.63, 3.8) is 0 Å². The Bertz CT molecular complexity index is 412. The number of rotatable bonds is 3. The van der Waals surface area contributed by atoms with Crippen LogP contribution < -0.4 is 5.73 Å². The number of aliphatic hydroxyl groups excluding tert-OH is 1. The third kappa shape index (κ3) is 3.98. The highest BCUT2D eigenvalue weighted by atomic mass is 35.5. The lowest BCUT2D eigenvalue weighted by atomic mass is 10.0. The molecular weight excluding hydrogens is 297 g/mol. The Morgan fingerprint density at radius 3 is 2.33 bits per heavy atom. The molecule has 0 aliphatic rings. The van der Waals surface area contributed by atoms with Gasteiger partial charge in [0.25, 0.3) is 0 Å². The highest BCUT2D eigenvalue weighted by Gasteiger charge is 2.32. The van der Waals surface area contributed by atoms with E-state index in [-0.39, 0.29) is 31.0 Å². The van der Waals surface area contributed by atoms with Crippen molar-refractivity contribution in [2.75, 3.05) is 6.61 Å². The van der Waals surface area contributed by atoms with Gasteiger partial charge in [0.1, 0.15) is 5.82 Å². The molecule has 2 nitrogen and oxygen atoms in total. The summed E-state index contributed by atoms with van der Waals surface area (Å²) in [6.07, 6.45) is -4.67. The van der Waals surface area contributed by atoms with Gasteiger partial charge in [0.2, 0.25) is 0 Å². The fourth-order valence-electron chi connectivity index (χ4n) is 1.34. The van der Waals surface area contributed by atoms with Crippen LogP contribution in [0.5, 0.6) is 0 Å². The average molecular weight is 308 g/mol. The van der Waals surface area contributed by atoms with Gasteiger partial charge in [0.15, 0.2) is 0 Å². The van der Waals surface area contributed by atoms with Gasteiger partial charge in [-0.3, -0.25) is 0 Å². The van der Waals surface area contributed by atoms with E-state index in [1.165, 1.54) is 0 Å². The van der Waals surface area contributed by atoms with Gasteiger partial charge in [0, 0.05) is 18.2 Å². The zero-order valence-electron chi connectivity index (χ0n) is 8.97. The zero-order chi connectivity index (χ0) is 13.2. The lowest BCUT2D eigenvalue weighted by Gasteiger charge is -2.15. The molecule has 1 atom stereocenters. The predicted octanol–water partition coefficient (Wildman–Crippen LogP) is 3.30. The Morgan fingerprint density at radius 2 is 1.89 bits per heavy atom. The highest BCUT2D eigenvalue weighted by molar-refractivity contribution is 6.30. The molecule has 0 aliphatic heterocycles. The summed E-state index contributed by atoms with van der Waals surface area (Å²) in [5.74, 6) is -0.986. The van der Waals surface area contributed by atoms with Gasteiger partial charge in [0.05, 0.1) is 10.6 Å². The van der Waals surface area contributed by atoms with E-state index in [2.05, 4.69) is 0 Å². The van der Waals surface area contributed by atoms with E-state index in [9.17, 15) is 17.6 Å². The molecule has 1 rings (SSSR count). The van der Waals surface area contributed by atoms with Gasteiger partial charge in [-0.25, -0.2) is 4.39 Å². The van der Waals surface area contributed by atoms with E-state index in [1.807, 2.05) is 0 Å². The molecule has 0 saturated carbocycles. The van der Waals surface area contributed by atoms with Crippen LogP contribution in [-0.4, -0.2) is 11.7 Å². The van der Waals surface area contributed by atoms with E-state index in [1.54, 1.807) is 0 Å². The first-order chi connectivity index (χ1) is 7.77. The number of halogens is 6. The smallest absolute Gasteiger partial charge is 0.396 e. The van der Waals surface area contributed by atoms with Crippen LogP contribution in [0.1, 0.15) is 23.6 Å². The molecule has 1 aromatic carbocycles. The van der Waals surface area contributed by atoms with Gasteiger partial charge in [-0.05, 0) is 18.6 Å². The molecule has 0 saturated heterocycles. The Balaban J connectivity index is 0.00000289. The second-order valence-electron chi connectivity index (χ2n) is 3.48. The van der Waals surface area contributed by atoms with Crippen LogP contribution in [0.3, 0.4) is 0 Å². The molecule has 18 heavy (non-hydrogen) atoms. The fourth-order valence-corrected chi connectivity index (χ4v) is 1.57. The van der Waals surface area contributed by atoms with Crippen LogP contribution in [0.2, 0.25) is 5.02 Å². The summed E-state index contributed by atoms with van der Waals surface area (Å²) in [7, 11) is 0. The number of hydrogen-bond acceptors (Lipinski definition) is 2. The maximum absolute atomic E-state index is 13.5. The molecule has 0 aromatic heterocycles. The first kappa shape index (κ1) is 17.4. The summed E-state index contributed by atoms with van der Waals surface area (Å²) in [5, 5.41) is 7.99. The summed E-state index contributed by atoms with van der Waals surface area (Å²) in [6, 6.07) is 0.0907. The first-order valence-corrected chi connectivity index (χ1v) is 5.07. The van der Waals surface area contributed by atoms with Gasteiger partial charge in [-0.1, -0.05) is 11.6 Å². The molecular formula is C10H11Cl2F4NO. The molecule has 0 fully saturated rings. The molecule has 3 N–H and O–H groups in total. The van der Waals surface area contributed by atoms with Crippen molar-refractivity contribution in [2.45, 2.75) is 18.6 Å². The second kappa shape index (κ2) is 6.56. The van der Waals surface area contributed by atoms with Crippen LogP contribution in [-0.2, 0) is 6.18 Å². The highest BCUT2D eigenvalue weighted by Crippen LogP contribution is 2.35. The number of benzene rings is 1. The minimum absolute atomic E-state index is 0. The van der Waals surface area contributed by atoms with Crippen molar-refractivity contribution in [3.05, 3.63) is 34.1 Å². The maximum Gasteiger partial charge on any atom is 0.416 e. The zero-order valence-corrected chi connectivity index (χ0v) is 10.5. The van der Waals surface area contributed by atoms with Crippen molar-refractivity contribution < 1.29 is 22.7 Å². The molecule has 0 spiro atoms. The molecule has 0 heterocycles. The minimum Gasteiger partial charge on any atom is -0.396 e. The first-order valence-electron chi connectivity index (χ1n) is 4.70. The standard InChI is InChI=1S/C10H10ClF4NO.ClH/c11-7-4-5(10(13,14)15)3-6(9(7)12)8(16)1-2-17;/h3-4,8,17H,1-2,16H2;1H/t8-;/m0./s1. The summed E-state index contributed by atoms with van der Waals surface area (Å²) >= 11 is 5.38. The minimum atomic E-state index is -4.62. The molecule has 0 radical (unpaired) electrons. The van der Waals surface area contributed by atoms with E-state index in [0.29, 0.717) is 12.1 Å². The molecule has 0 aliphatic carbocycles. The quantitative estimate of drug-likeness (QED) is 0.842. The largest absolute Gasteiger partial charge is 0.416 e. The Hall–Kier alpha value is -0.560. The van der Waals surface area contributed by atoms with E-state index < -0.39 is 28.6 Å². The molecule has 8 heteroatoms. The van der Waals surface area contributed by atoms with Gasteiger partial charge in [-0.2, -0.15) is 13.2 Å². The van der Waals surface area contributed by atoms with Crippen molar-refractivity contribution in [2.24, 2.45) is 5.73 Å². The SMILES string of the molecule is Cl.N[C@@H](CCO)c1cc(C(F)(F)F)cc(Cl)c1F. The number of aliphatic hydroxyl groups is 1. The average Bonchev–Trinajstić information content (AvgIpc) is 2.20. The van der Waals surface area contributed by atoms with Crippen molar-refractivity contribution in [3.8, 4) is 0 Å². The van der Waals surface area contributed by atoms with Crippen LogP contribution in [0.25, 0.3) is 0 Å². The number of alkyl halides is 3. The van der Waals surface area contributed by atoms with Crippen LogP contribution in [0.4, 0.5) is 17.6 Å². The van der Waals surface area contributed by atoms with Crippen molar-refractivity contribution >= 4 is 24.0 Å². The molecule has 104 valence electrons. The second-order valence-corrected chi connectivity index (χ2v) is 3.89. The summed E-state index contributed by atoms with van der Waals surface area (Å²) in [5.41, 5.74) is 4.05. The predicted molar refractivity (Wildman–Crippen MR) is 62.3 cm³/mol. The van der Waals surface area contributed by atoms with Crippen LogP contribution in [0, 0.1) is 5.82 Å². The Kier molecular flexibility index (Phi) is 6.36. The lowest BCUT2D eigenvalue weighted by molar-refractivity contribution is -0.137. The lowest BCUT2D eigenvalue weighted by Crippen LogP contribution is -2.16. The maximum atomic E-state index is 13.5. The third-order valence-electron chi connectivity index (χ3n) is 2.22. The number of nitrogens with two attached hydrogens (primary N) is 1. The monoisotopic (exact) mass is 307 g/mol. The van der Waals surface area contributed by atoms with Crippen LogP contribution >= 0.6 is 24.0 Å². The third-order valence-corrected chi connectivity index (χ3v) is 2.50. The fraction of sp³-hybridized carbons (Fsp3) is 0.400. The topological polar surface area (TPSA) is 46.2 Å². The summed E-state index contributed by atoms with van der Waals surface area (Å²) in [4.78, 5) is 0. The molecule has 0 unspecified atom stereocenters. The normalized spacial score (nSPS) is 13.1. The molecule has 1 aromatic rings. The number of hydrogen-bond donors (Lipinski definition) is 2. The summed E-state index contributed by atoms with van der Waals surface area (Å²) in [6.45, 7) is -0.353. The molecule has 0 bridgehead atoms. The van der Waals surface area contributed by atoms with Gasteiger partial charge < -0.3 is 10.8 Å². The van der Waals surface area contributed by atoms with Crippen molar-refractivity contribution in [1.82, 2.24) is 0 Å². The van der Waals surface area contributed by atoms with E-state index in [0.717, 1.165) is 0 Å². The Labute approximate surface area is 112 Å². The van der Waals surface area contributed by atoms with Gasteiger partial charge >= 0.3 is 6.18 Å².